The van der Waals surface area contributed by atoms with Gasteiger partial charge in [0.15, 0.2) is 5.82 Å². The fourth-order valence-electron chi connectivity index (χ4n) is 2.55. The minimum Gasteiger partial charge on any atom is -0.496 e. The van der Waals surface area contributed by atoms with Crippen molar-refractivity contribution in [2.45, 2.75) is 31.6 Å². The van der Waals surface area contributed by atoms with E-state index in [0.717, 1.165) is 12.0 Å². The second kappa shape index (κ2) is 7.79. The highest BCUT2D eigenvalue weighted by atomic mass is 32.2. The maximum Gasteiger partial charge on any atom is 0.261 e. The molecule has 0 aliphatic heterocycles. The van der Waals surface area contributed by atoms with E-state index in [1.807, 2.05) is 26.0 Å². The maximum absolute atomic E-state index is 12.8. The third-order valence-corrected chi connectivity index (χ3v) is 5.34. The number of hydrogen-bond donors (Lipinski definition) is 1. The summed E-state index contributed by atoms with van der Waals surface area (Å²) in [6, 6.07) is 11.6. The summed E-state index contributed by atoms with van der Waals surface area (Å²) in [4.78, 5) is 4.40. The van der Waals surface area contributed by atoms with Gasteiger partial charge in [0.2, 0.25) is 0 Å². The first-order valence-electron chi connectivity index (χ1n) is 8.53. The Morgan fingerprint density at radius 1 is 1.15 bits per heavy atom. The van der Waals surface area contributed by atoms with Crippen LogP contribution in [-0.4, -0.2) is 25.7 Å². The lowest BCUT2D eigenvalue weighted by molar-refractivity contribution is 0.402. The van der Waals surface area contributed by atoms with Crippen molar-refractivity contribution < 1.29 is 17.7 Å². The molecule has 3 aromatic rings. The summed E-state index contributed by atoms with van der Waals surface area (Å²) in [5, 5.41) is 3.92. The summed E-state index contributed by atoms with van der Waals surface area (Å²) in [7, 11) is -2.28. The van der Waals surface area contributed by atoms with Crippen LogP contribution >= 0.6 is 0 Å². The van der Waals surface area contributed by atoms with Crippen LogP contribution in [0.3, 0.4) is 0 Å². The zero-order valence-corrected chi connectivity index (χ0v) is 16.2. The molecule has 142 valence electrons. The quantitative estimate of drug-likeness (QED) is 0.662. The van der Waals surface area contributed by atoms with E-state index < -0.39 is 10.0 Å². The van der Waals surface area contributed by atoms with Gasteiger partial charge in [0, 0.05) is 12.1 Å². The molecule has 27 heavy (non-hydrogen) atoms. The van der Waals surface area contributed by atoms with Crippen molar-refractivity contribution >= 4 is 15.7 Å². The Labute approximate surface area is 158 Å². The van der Waals surface area contributed by atoms with Gasteiger partial charge in [-0.3, -0.25) is 4.72 Å². The summed E-state index contributed by atoms with van der Waals surface area (Å²) in [5.41, 5.74) is 1.96. The van der Waals surface area contributed by atoms with E-state index >= 15 is 0 Å². The lowest BCUT2D eigenvalue weighted by Gasteiger charge is -2.11. The fraction of sp³-hybridized carbons (Fsp3) is 0.263. The molecule has 0 aliphatic carbocycles. The molecule has 0 fully saturated rings. The summed E-state index contributed by atoms with van der Waals surface area (Å²) in [5.74, 6) is 1.25. The summed E-state index contributed by atoms with van der Waals surface area (Å²) >= 11 is 0. The Bertz CT molecular complexity index is 1030. The van der Waals surface area contributed by atoms with Crippen molar-refractivity contribution in [1.29, 1.82) is 0 Å². The van der Waals surface area contributed by atoms with Gasteiger partial charge in [-0.15, -0.1) is 0 Å². The molecule has 0 saturated heterocycles. The third-order valence-electron chi connectivity index (χ3n) is 3.96. The normalized spacial score (nSPS) is 11.4. The average Bonchev–Trinajstić information content (AvgIpc) is 3.12. The smallest absolute Gasteiger partial charge is 0.261 e. The SMILES string of the molecule is CCCc1noc(-c2cc(S(=O)(=O)Nc3ccc(C)cc3)ccc2OC)n1. The van der Waals surface area contributed by atoms with Crippen LogP contribution in [0.4, 0.5) is 5.69 Å². The topological polar surface area (TPSA) is 94.3 Å². The van der Waals surface area contributed by atoms with E-state index in [0.29, 0.717) is 29.2 Å². The number of anilines is 1. The van der Waals surface area contributed by atoms with Crippen LogP contribution in [-0.2, 0) is 16.4 Å². The molecule has 2 aromatic carbocycles. The molecule has 1 aromatic heterocycles. The monoisotopic (exact) mass is 387 g/mol. The van der Waals surface area contributed by atoms with Crippen molar-refractivity contribution in [1.82, 2.24) is 10.1 Å². The van der Waals surface area contributed by atoms with E-state index in [1.165, 1.54) is 19.2 Å². The predicted molar refractivity (Wildman–Crippen MR) is 102 cm³/mol. The Hall–Kier alpha value is -2.87. The Kier molecular flexibility index (Phi) is 5.46. The highest BCUT2D eigenvalue weighted by molar-refractivity contribution is 7.92. The Morgan fingerprint density at radius 2 is 1.89 bits per heavy atom. The number of rotatable bonds is 7. The molecule has 1 heterocycles. The number of sulfonamides is 1. The number of hydrogen-bond acceptors (Lipinski definition) is 6. The summed E-state index contributed by atoms with van der Waals surface area (Å²) < 4.78 is 38.7. The van der Waals surface area contributed by atoms with Gasteiger partial charge in [-0.2, -0.15) is 4.98 Å². The second-order valence-corrected chi connectivity index (χ2v) is 7.78. The molecule has 1 N–H and O–H groups in total. The van der Waals surface area contributed by atoms with Crippen molar-refractivity contribution in [2.75, 3.05) is 11.8 Å². The fourth-order valence-corrected chi connectivity index (χ4v) is 3.63. The van der Waals surface area contributed by atoms with Crippen LogP contribution in [0, 0.1) is 6.92 Å². The van der Waals surface area contributed by atoms with E-state index in [-0.39, 0.29) is 10.8 Å². The average molecular weight is 387 g/mol. The van der Waals surface area contributed by atoms with Gasteiger partial charge < -0.3 is 9.26 Å². The molecule has 0 radical (unpaired) electrons. The summed E-state index contributed by atoms with van der Waals surface area (Å²) in [6.07, 6.45) is 1.56. The van der Waals surface area contributed by atoms with Crippen LogP contribution in [0.15, 0.2) is 51.9 Å². The van der Waals surface area contributed by atoms with E-state index in [4.69, 9.17) is 9.26 Å². The van der Waals surface area contributed by atoms with Gasteiger partial charge in [0.25, 0.3) is 15.9 Å². The first-order chi connectivity index (χ1) is 12.9. The number of methoxy groups -OCH3 is 1. The molecule has 0 amide bonds. The van der Waals surface area contributed by atoms with Gasteiger partial charge in [-0.1, -0.05) is 29.8 Å². The van der Waals surface area contributed by atoms with Crippen molar-refractivity contribution in [3.05, 3.63) is 53.9 Å². The Balaban J connectivity index is 1.97. The van der Waals surface area contributed by atoms with Gasteiger partial charge in [0.1, 0.15) is 5.75 Å². The summed E-state index contributed by atoms with van der Waals surface area (Å²) in [6.45, 7) is 3.95. The first kappa shape index (κ1) is 18.9. The number of nitrogens with one attached hydrogen (secondary N) is 1. The molecule has 0 atom stereocenters. The third kappa shape index (κ3) is 4.28. The van der Waals surface area contributed by atoms with Crippen molar-refractivity contribution in [3.63, 3.8) is 0 Å². The molecule has 0 spiro atoms. The molecule has 0 aliphatic rings. The number of benzene rings is 2. The number of aryl methyl sites for hydroxylation is 2. The predicted octanol–water partition coefficient (Wildman–Crippen LogP) is 3.81. The highest BCUT2D eigenvalue weighted by Gasteiger charge is 2.20. The van der Waals surface area contributed by atoms with E-state index in [2.05, 4.69) is 14.9 Å². The standard InChI is InChI=1S/C19H21N3O4S/c1-4-5-18-20-19(26-21-18)16-12-15(10-11-17(16)25-3)27(23,24)22-14-8-6-13(2)7-9-14/h6-12,22H,4-5H2,1-3H3. The molecular formula is C19H21N3O4S. The van der Waals surface area contributed by atoms with Gasteiger partial charge in [-0.25, -0.2) is 8.42 Å². The zero-order valence-electron chi connectivity index (χ0n) is 15.4. The van der Waals surface area contributed by atoms with Crippen LogP contribution in [0.1, 0.15) is 24.7 Å². The second-order valence-electron chi connectivity index (χ2n) is 6.10. The van der Waals surface area contributed by atoms with Crippen LogP contribution in [0.2, 0.25) is 0 Å². The molecule has 0 bridgehead atoms. The van der Waals surface area contributed by atoms with Gasteiger partial charge in [0.05, 0.1) is 17.6 Å². The maximum atomic E-state index is 12.8. The Morgan fingerprint density at radius 3 is 2.56 bits per heavy atom. The van der Waals surface area contributed by atoms with Crippen molar-refractivity contribution in [3.8, 4) is 17.2 Å². The lowest BCUT2D eigenvalue weighted by atomic mass is 10.2. The molecular weight excluding hydrogens is 366 g/mol. The minimum atomic E-state index is -3.78. The number of aromatic nitrogens is 2. The van der Waals surface area contributed by atoms with Crippen LogP contribution < -0.4 is 9.46 Å². The van der Waals surface area contributed by atoms with E-state index in [1.54, 1.807) is 18.2 Å². The first-order valence-corrected chi connectivity index (χ1v) is 10.0. The zero-order chi connectivity index (χ0) is 19.4. The van der Waals surface area contributed by atoms with Gasteiger partial charge in [-0.05, 0) is 43.7 Å². The largest absolute Gasteiger partial charge is 0.496 e. The minimum absolute atomic E-state index is 0.0779. The molecule has 8 heteroatoms. The molecule has 7 nitrogen and oxygen atoms in total. The highest BCUT2D eigenvalue weighted by Crippen LogP contribution is 2.32. The molecule has 3 rings (SSSR count). The molecule has 0 saturated carbocycles. The van der Waals surface area contributed by atoms with Crippen LogP contribution in [0.5, 0.6) is 5.75 Å². The van der Waals surface area contributed by atoms with E-state index in [9.17, 15) is 8.42 Å². The van der Waals surface area contributed by atoms with Gasteiger partial charge >= 0.3 is 0 Å². The molecule has 0 unspecified atom stereocenters. The number of nitrogens with zero attached hydrogens (tertiary/aromatic N) is 2. The van der Waals surface area contributed by atoms with Crippen LogP contribution in [0.25, 0.3) is 11.5 Å². The van der Waals surface area contributed by atoms with Crippen molar-refractivity contribution in [2.24, 2.45) is 0 Å². The lowest BCUT2D eigenvalue weighted by Crippen LogP contribution is -2.13. The number of ether oxygens (including phenoxy) is 1.